The van der Waals surface area contributed by atoms with Crippen LogP contribution in [0.5, 0.6) is 5.88 Å². The summed E-state index contributed by atoms with van der Waals surface area (Å²) in [4.78, 5) is 7.20. The van der Waals surface area contributed by atoms with Crippen molar-refractivity contribution in [2.24, 2.45) is 0 Å². The second-order valence-electron chi connectivity index (χ2n) is 4.45. The van der Waals surface area contributed by atoms with Crippen molar-refractivity contribution < 1.29 is 5.11 Å². The molecule has 1 heterocycles. The molecule has 0 unspecified atom stereocenters. The summed E-state index contributed by atoms with van der Waals surface area (Å²) in [6.45, 7) is 3.97. The predicted octanol–water partition coefficient (Wildman–Crippen LogP) is 4.14. The van der Waals surface area contributed by atoms with E-state index in [1.54, 1.807) is 18.2 Å². The fourth-order valence-corrected chi connectivity index (χ4v) is 2.31. The molecule has 2 N–H and O–H groups in total. The van der Waals surface area contributed by atoms with E-state index in [1.807, 2.05) is 13.8 Å². The molecule has 0 amide bonds. The van der Waals surface area contributed by atoms with Gasteiger partial charge in [-0.25, -0.2) is 0 Å². The number of hydrogen-bond donors (Lipinski definition) is 2. The third kappa shape index (κ3) is 2.62. The summed E-state index contributed by atoms with van der Waals surface area (Å²) >= 11 is 12.2. The predicted molar refractivity (Wildman–Crippen MR) is 73.6 cm³/mol. The Hall–Kier alpha value is -1.19. The van der Waals surface area contributed by atoms with Crippen molar-refractivity contribution in [1.29, 1.82) is 0 Å². The van der Waals surface area contributed by atoms with Gasteiger partial charge < -0.3 is 10.1 Å². The molecule has 0 saturated carbocycles. The minimum absolute atomic E-state index is 0.0446. The van der Waals surface area contributed by atoms with E-state index in [1.165, 1.54) is 0 Å². The largest absolute Gasteiger partial charge is 0.492 e. The molecule has 0 aliphatic rings. The summed E-state index contributed by atoms with van der Waals surface area (Å²) in [7, 11) is 0. The molecule has 1 aromatic heterocycles. The van der Waals surface area contributed by atoms with Gasteiger partial charge in [0, 0.05) is 16.5 Å². The summed E-state index contributed by atoms with van der Waals surface area (Å²) in [6.07, 6.45) is 0.471. The Kier molecular flexibility index (Phi) is 3.83. The molecule has 0 fully saturated rings. The first-order chi connectivity index (χ1) is 8.49. The molecule has 0 radical (unpaired) electrons. The van der Waals surface area contributed by atoms with Crippen LogP contribution in [0.3, 0.4) is 0 Å². The summed E-state index contributed by atoms with van der Waals surface area (Å²) in [6, 6.07) is 5.37. The lowest BCUT2D eigenvalue weighted by atomic mass is 10.1. The number of nitrogens with one attached hydrogen (secondary N) is 1. The first kappa shape index (κ1) is 13.2. The molecule has 96 valence electrons. The lowest BCUT2D eigenvalue weighted by Gasteiger charge is -2.04. The Labute approximate surface area is 116 Å². The van der Waals surface area contributed by atoms with Crippen LogP contribution in [0.4, 0.5) is 0 Å². The molecule has 2 rings (SSSR count). The Balaban J connectivity index is 2.32. The van der Waals surface area contributed by atoms with Gasteiger partial charge in [0.05, 0.1) is 5.69 Å². The number of aromatic amines is 1. The first-order valence-electron chi connectivity index (χ1n) is 5.69. The zero-order valence-electron chi connectivity index (χ0n) is 10.2. The van der Waals surface area contributed by atoms with Crippen molar-refractivity contribution >= 4 is 23.2 Å². The molecular formula is C13H14Cl2N2O. The third-order valence-electron chi connectivity index (χ3n) is 2.74. The van der Waals surface area contributed by atoms with E-state index in [4.69, 9.17) is 23.2 Å². The van der Waals surface area contributed by atoms with Gasteiger partial charge in [-0.2, -0.15) is 4.98 Å². The summed E-state index contributed by atoms with van der Waals surface area (Å²) < 4.78 is 0. The van der Waals surface area contributed by atoms with Crippen LogP contribution < -0.4 is 0 Å². The monoisotopic (exact) mass is 284 g/mol. The Morgan fingerprint density at radius 2 is 1.89 bits per heavy atom. The topological polar surface area (TPSA) is 48.9 Å². The first-order valence-corrected chi connectivity index (χ1v) is 6.45. The van der Waals surface area contributed by atoms with Crippen LogP contribution in [0.15, 0.2) is 18.2 Å². The SMILES string of the molecule is CC(C)c1[nH]c(Cc2c(Cl)cccc2Cl)nc1O. The average Bonchev–Trinajstić information content (AvgIpc) is 2.65. The molecule has 2 aromatic rings. The van der Waals surface area contributed by atoms with Gasteiger partial charge in [-0.1, -0.05) is 43.1 Å². The van der Waals surface area contributed by atoms with Crippen LogP contribution in [0.2, 0.25) is 10.0 Å². The lowest BCUT2D eigenvalue weighted by Crippen LogP contribution is -1.94. The van der Waals surface area contributed by atoms with Crippen molar-refractivity contribution in [2.75, 3.05) is 0 Å². The number of benzene rings is 1. The van der Waals surface area contributed by atoms with Crippen LogP contribution in [0.25, 0.3) is 0 Å². The number of halogens is 2. The number of H-pyrrole nitrogens is 1. The van der Waals surface area contributed by atoms with Crippen LogP contribution in [0, 0.1) is 0 Å². The van der Waals surface area contributed by atoms with Gasteiger partial charge in [0.2, 0.25) is 5.88 Å². The standard InChI is InChI=1S/C13H14Cl2N2O/c1-7(2)12-13(18)17-11(16-12)6-8-9(14)4-3-5-10(8)15/h3-5,7,18H,6H2,1-2H3,(H,16,17). The molecule has 0 saturated heterocycles. The van der Waals surface area contributed by atoms with E-state index in [2.05, 4.69) is 9.97 Å². The van der Waals surface area contributed by atoms with Gasteiger partial charge in [0.15, 0.2) is 0 Å². The fraction of sp³-hybridized carbons (Fsp3) is 0.308. The molecule has 0 aliphatic carbocycles. The van der Waals surface area contributed by atoms with E-state index in [0.29, 0.717) is 22.3 Å². The smallest absolute Gasteiger partial charge is 0.232 e. The van der Waals surface area contributed by atoms with Gasteiger partial charge in [0.1, 0.15) is 5.82 Å². The second kappa shape index (κ2) is 5.21. The molecule has 5 heteroatoms. The summed E-state index contributed by atoms with van der Waals surface area (Å²) in [5, 5.41) is 10.9. The van der Waals surface area contributed by atoms with Gasteiger partial charge in [-0.15, -0.1) is 0 Å². The van der Waals surface area contributed by atoms with Crippen LogP contribution in [-0.2, 0) is 6.42 Å². The molecular weight excluding hydrogens is 271 g/mol. The quantitative estimate of drug-likeness (QED) is 0.890. The lowest BCUT2D eigenvalue weighted by molar-refractivity contribution is 0.445. The van der Waals surface area contributed by atoms with Crippen molar-refractivity contribution in [3.63, 3.8) is 0 Å². The van der Waals surface area contributed by atoms with Crippen molar-refractivity contribution in [3.8, 4) is 5.88 Å². The molecule has 18 heavy (non-hydrogen) atoms. The minimum atomic E-state index is 0.0446. The van der Waals surface area contributed by atoms with E-state index >= 15 is 0 Å². The van der Waals surface area contributed by atoms with Crippen LogP contribution >= 0.6 is 23.2 Å². The summed E-state index contributed by atoms with van der Waals surface area (Å²) in [5.74, 6) is 0.891. The maximum Gasteiger partial charge on any atom is 0.232 e. The minimum Gasteiger partial charge on any atom is -0.492 e. The van der Waals surface area contributed by atoms with E-state index < -0.39 is 0 Å². The molecule has 0 spiro atoms. The number of hydrogen-bond acceptors (Lipinski definition) is 2. The fourth-order valence-electron chi connectivity index (χ4n) is 1.78. The molecule has 0 bridgehead atoms. The Morgan fingerprint density at radius 1 is 1.28 bits per heavy atom. The Bertz CT molecular complexity index is 544. The normalized spacial score (nSPS) is 11.2. The third-order valence-corrected chi connectivity index (χ3v) is 3.45. The number of rotatable bonds is 3. The van der Waals surface area contributed by atoms with E-state index in [0.717, 1.165) is 11.3 Å². The highest BCUT2D eigenvalue weighted by molar-refractivity contribution is 6.36. The van der Waals surface area contributed by atoms with Crippen LogP contribution in [-0.4, -0.2) is 15.1 Å². The number of aromatic nitrogens is 2. The van der Waals surface area contributed by atoms with Crippen molar-refractivity contribution in [3.05, 3.63) is 45.3 Å². The van der Waals surface area contributed by atoms with Gasteiger partial charge >= 0.3 is 0 Å². The maximum absolute atomic E-state index is 9.71. The zero-order valence-corrected chi connectivity index (χ0v) is 11.7. The Morgan fingerprint density at radius 3 is 2.39 bits per heavy atom. The number of imidazole rings is 1. The molecule has 1 aromatic carbocycles. The van der Waals surface area contributed by atoms with Gasteiger partial charge in [-0.3, -0.25) is 0 Å². The van der Waals surface area contributed by atoms with Crippen molar-refractivity contribution in [1.82, 2.24) is 9.97 Å². The second-order valence-corrected chi connectivity index (χ2v) is 5.27. The molecule has 3 nitrogen and oxygen atoms in total. The molecule has 0 aliphatic heterocycles. The summed E-state index contributed by atoms with van der Waals surface area (Å²) in [5.41, 5.74) is 1.54. The van der Waals surface area contributed by atoms with Crippen LogP contribution in [0.1, 0.15) is 36.8 Å². The van der Waals surface area contributed by atoms with E-state index in [-0.39, 0.29) is 11.8 Å². The number of aromatic hydroxyl groups is 1. The van der Waals surface area contributed by atoms with Crippen molar-refractivity contribution in [2.45, 2.75) is 26.2 Å². The van der Waals surface area contributed by atoms with Gasteiger partial charge in [-0.05, 0) is 23.6 Å². The highest BCUT2D eigenvalue weighted by Gasteiger charge is 2.14. The highest BCUT2D eigenvalue weighted by Crippen LogP contribution is 2.28. The van der Waals surface area contributed by atoms with Gasteiger partial charge in [0.25, 0.3) is 0 Å². The zero-order chi connectivity index (χ0) is 13.3. The molecule has 0 atom stereocenters. The average molecular weight is 285 g/mol. The number of nitrogens with zero attached hydrogens (tertiary/aromatic N) is 1. The van der Waals surface area contributed by atoms with E-state index in [9.17, 15) is 5.11 Å². The highest BCUT2D eigenvalue weighted by atomic mass is 35.5. The maximum atomic E-state index is 9.71.